The molecule has 26 heavy (non-hydrogen) atoms. The zero-order valence-electron chi connectivity index (χ0n) is 15.4. The average molecular weight is 357 g/mol. The fraction of sp³-hybridized carbons (Fsp3) is 0.500. The largest absolute Gasteiger partial charge is 0.483 e. The molecule has 6 nitrogen and oxygen atoms in total. The van der Waals surface area contributed by atoms with Gasteiger partial charge in [-0.15, -0.1) is 0 Å². The Balaban J connectivity index is 1.54. The number of amides is 1. The van der Waals surface area contributed by atoms with E-state index in [4.69, 9.17) is 4.74 Å². The zero-order valence-corrected chi connectivity index (χ0v) is 15.4. The van der Waals surface area contributed by atoms with Gasteiger partial charge < -0.3 is 19.5 Å². The highest BCUT2D eigenvalue weighted by molar-refractivity contribution is 5.86. The number of pyridine rings is 1. The number of hydrogen-bond donors (Lipinski definition) is 1. The number of fused-ring (bicyclic) bond motifs is 1. The van der Waals surface area contributed by atoms with Crippen LogP contribution in [-0.2, 0) is 11.3 Å². The van der Waals surface area contributed by atoms with Crippen molar-refractivity contribution in [2.45, 2.75) is 32.7 Å². The summed E-state index contributed by atoms with van der Waals surface area (Å²) in [5, 5.41) is 3.73. The number of aryl methyl sites for hydroxylation is 1. The van der Waals surface area contributed by atoms with Crippen LogP contribution >= 0.6 is 0 Å². The van der Waals surface area contributed by atoms with Crippen LogP contribution < -0.4 is 15.6 Å². The van der Waals surface area contributed by atoms with E-state index in [9.17, 15) is 9.59 Å². The Labute approximate surface area is 153 Å². The topological polar surface area (TPSA) is 63.6 Å². The molecule has 1 aromatic heterocycles. The molecule has 140 valence electrons. The smallest absolute Gasteiger partial charge is 0.257 e. The maximum Gasteiger partial charge on any atom is 0.257 e. The van der Waals surface area contributed by atoms with Crippen LogP contribution in [0.5, 0.6) is 5.75 Å². The van der Waals surface area contributed by atoms with Crippen molar-refractivity contribution >= 4 is 16.8 Å². The minimum absolute atomic E-state index is 0.0801. The van der Waals surface area contributed by atoms with Gasteiger partial charge in [0, 0.05) is 24.5 Å². The van der Waals surface area contributed by atoms with E-state index in [1.54, 1.807) is 4.57 Å². The molecule has 2 heterocycles. The second kappa shape index (κ2) is 8.85. The van der Waals surface area contributed by atoms with Crippen molar-refractivity contribution in [3.63, 3.8) is 0 Å². The van der Waals surface area contributed by atoms with E-state index in [1.165, 1.54) is 32.0 Å². The molecule has 1 saturated heterocycles. The van der Waals surface area contributed by atoms with Crippen LogP contribution in [0.25, 0.3) is 10.9 Å². The maximum atomic E-state index is 12.2. The lowest BCUT2D eigenvalue weighted by Gasteiger charge is -2.15. The van der Waals surface area contributed by atoms with Crippen molar-refractivity contribution in [2.75, 3.05) is 32.8 Å². The summed E-state index contributed by atoms with van der Waals surface area (Å²) < 4.78 is 7.35. The number of carbonyl (C=O) groups is 1. The van der Waals surface area contributed by atoms with E-state index in [-0.39, 0.29) is 18.1 Å². The van der Waals surface area contributed by atoms with Gasteiger partial charge >= 0.3 is 0 Å². The molecule has 0 aliphatic carbocycles. The molecule has 0 unspecified atom stereocenters. The highest BCUT2D eigenvalue weighted by atomic mass is 16.5. The molecule has 0 bridgehead atoms. The predicted octanol–water partition coefficient (Wildman–Crippen LogP) is 2.00. The summed E-state index contributed by atoms with van der Waals surface area (Å²) in [6.45, 7) is 6.48. The van der Waals surface area contributed by atoms with Gasteiger partial charge in [-0.3, -0.25) is 9.59 Å². The van der Waals surface area contributed by atoms with Gasteiger partial charge in [0.25, 0.3) is 11.5 Å². The highest BCUT2D eigenvalue weighted by Gasteiger charge is 2.12. The average Bonchev–Trinajstić information content (AvgIpc) is 3.17. The molecule has 0 spiro atoms. The molecule has 6 heteroatoms. The lowest BCUT2D eigenvalue weighted by Crippen LogP contribution is -2.32. The molecule has 3 rings (SSSR count). The van der Waals surface area contributed by atoms with Crippen molar-refractivity contribution in [2.24, 2.45) is 0 Å². The van der Waals surface area contributed by atoms with Gasteiger partial charge in [0.15, 0.2) is 6.61 Å². The molecule has 1 amide bonds. The summed E-state index contributed by atoms with van der Waals surface area (Å²) in [5.74, 6) is 0.303. The number of carbonyl (C=O) groups excluding carboxylic acids is 1. The molecule has 0 saturated carbocycles. The summed E-state index contributed by atoms with van der Waals surface area (Å²) in [6.07, 6.45) is 3.51. The number of aromatic nitrogens is 1. The van der Waals surface area contributed by atoms with Gasteiger partial charge in [-0.05, 0) is 58.0 Å². The molecule has 1 fully saturated rings. The Morgan fingerprint density at radius 2 is 2.00 bits per heavy atom. The SMILES string of the molecule is CCn1c(=O)cc(OCC(=O)NCCCN2CCCC2)c2ccccc21. The number of nitrogens with zero attached hydrogens (tertiary/aromatic N) is 2. The van der Waals surface area contributed by atoms with Gasteiger partial charge in [0.1, 0.15) is 5.75 Å². The van der Waals surface area contributed by atoms with E-state index >= 15 is 0 Å². The van der Waals surface area contributed by atoms with Crippen LogP contribution in [0.4, 0.5) is 0 Å². The quantitative estimate of drug-likeness (QED) is 0.734. The Hall–Kier alpha value is -2.34. The number of para-hydroxylation sites is 1. The first kappa shape index (κ1) is 18.5. The molecule has 1 N–H and O–H groups in total. The van der Waals surface area contributed by atoms with Crippen molar-refractivity contribution in [1.82, 2.24) is 14.8 Å². The van der Waals surface area contributed by atoms with Crippen LogP contribution in [0.2, 0.25) is 0 Å². The number of likely N-dealkylation sites (tertiary alicyclic amines) is 1. The zero-order chi connectivity index (χ0) is 18.4. The molecule has 1 aliphatic rings. The monoisotopic (exact) mass is 357 g/mol. The van der Waals surface area contributed by atoms with Crippen molar-refractivity contribution < 1.29 is 9.53 Å². The molecular weight excluding hydrogens is 330 g/mol. The first-order chi connectivity index (χ1) is 12.7. The van der Waals surface area contributed by atoms with Crippen LogP contribution in [0, 0.1) is 0 Å². The summed E-state index contributed by atoms with van der Waals surface area (Å²) in [5.41, 5.74) is 0.704. The molecular formula is C20H27N3O3. The predicted molar refractivity (Wildman–Crippen MR) is 103 cm³/mol. The molecule has 0 radical (unpaired) electrons. The Morgan fingerprint density at radius 1 is 1.23 bits per heavy atom. The second-order valence-electron chi connectivity index (χ2n) is 6.65. The maximum absolute atomic E-state index is 12.2. The van der Waals surface area contributed by atoms with Gasteiger partial charge in [0.05, 0.1) is 5.52 Å². The minimum Gasteiger partial charge on any atom is -0.483 e. The fourth-order valence-electron chi connectivity index (χ4n) is 3.48. The van der Waals surface area contributed by atoms with E-state index in [0.29, 0.717) is 18.8 Å². The Morgan fingerprint density at radius 3 is 2.77 bits per heavy atom. The summed E-state index contributed by atoms with van der Waals surface area (Å²) in [4.78, 5) is 26.7. The van der Waals surface area contributed by atoms with Crippen LogP contribution in [0.3, 0.4) is 0 Å². The van der Waals surface area contributed by atoms with Gasteiger partial charge in [0.2, 0.25) is 0 Å². The van der Waals surface area contributed by atoms with Crippen LogP contribution in [0.1, 0.15) is 26.2 Å². The van der Waals surface area contributed by atoms with Crippen molar-refractivity contribution in [3.8, 4) is 5.75 Å². The Bertz CT molecular complexity index is 810. The molecule has 0 atom stereocenters. The number of nitrogens with one attached hydrogen (secondary N) is 1. The third-order valence-corrected chi connectivity index (χ3v) is 4.83. The minimum atomic E-state index is -0.157. The Kier molecular flexibility index (Phi) is 6.28. The third-order valence-electron chi connectivity index (χ3n) is 4.83. The lowest BCUT2D eigenvalue weighted by molar-refractivity contribution is -0.123. The van der Waals surface area contributed by atoms with Gasteiger partial charge in [-0.2, -0.15) is 0 Å². The van der Waals surface area contributed by atoms with E-state index in [0.717, 1.165) is 23.9 Å². The second-order valence-corrected chi connectivity index (χ2v) is 6.65. The standard InChI is InChI=1S/C20H27N3O3/c1-2-23-17-9-4-3-8-16(17)18(14-20(23)25)26-15-19(24)21-10-7-13-22-11-5-6-12-22/h3-4,8-9,14H,2,5-7,10-13,15H2,1H3,(H,21,24). The van der Waals surface area contributed by atoms with Gasteiger partial charge in [-0.25, -0.2) is 0 Å². The summed E-state index contributed by atoms with van der Waals surface area (Å²) in [7, 11) is 0. The summed E-state index contributed by atoms with van der Waals surface area (Å²) in [6, 6.07) is 9.06. The van der Waals surface area contributed by atoms with Gasteiger partial charge in [-0.1, -0.05) is 12.1 Å². The van der Waals surface area contributed by atoms with Crippen LogP contribution in [0.15, 0.2) is 35.1 Å². The third kappa shape index (κ3) is 4.43. The number of ether oxygens (including phenoxy) is 1. The first-order valence-electron chi connectivity index (χ1n) is 9.43. The first-order valence-corrected chi connectivity index (χ1v) is 9.43. The number of benzene rings is 1. The highest BCUT2D eigenvalue weighted by Crippen LogP contribution is 2.23. The fourth-order valence-corrected chi connectivity index (χ4v) is 3.48. The number of rotatable bonds is 8. The summed E-state index contributed by atoms with van der Waals surface area (Å²) >= 11 is 0. The van der Waals surface area contributed by atoms with E-state index in [1.807, 2.05) is 31.2 Å². The molecule has 1 aromatic carbocycles. The van der Waals surface area contributed by atoms with Crippen molar-refractivity contribution in [1.29, 1.82) is 0 Å². The van der Waals surface area contributed by atoms with Crippen molar-refractivity contribution in [3.05, 3.63) is 40.7 Å². The lowest BCUT2D eigenvalue weighted by atomic mass is 10.2. The van der Waals surface area contributed by atoms with Crippen LogP contribution in [-0.4, -0.2) is 48.2 Å². The molecule has 1 aliphatic heterocycles. The number of hydrogen-bond acceptors (Lipinski definition) is 4. The van der Waals surface area contributed by atoms with E-state index in [2.05, 4.69) is 10.2 Å². The normalized spacial score (nSPS) is 14.7. The molecule has 2 aromatic rings. The van der Waals surface area contributed by atoms with E-state index < -0.39 is 0 Å².